The quantitative estimate of drug-likeness (QED) is 0.324. The first-order valence-electron chi connectivity index (χ1n) is 16.0. The van der Waals surface area contributed by atoms with Crippen molar-refractivity contribution in [3.8, 4) is 5.75 Å². The Balaban J connectivity index is 1.38. The number of ether oxygens (including phenoxy) is 1. The van der Waals surface area contributed by atoms with Gasteiger partial charge in [0.25, 0.3) is 0 Å². The summed E-state index contributed by atoms with van der Waals surface area (Å²) in [5.74, 6) is 2.03. The van der Waals surface area contributed by atoms with E-state index in [0.29, 0.717) is 0 Å². The molecule has 6 rings (SSSR count). The summed E-state index contributed by atoms with van der Waals surface area (Å²) in [6, 6.07) is 10.6. The number of pyridine rings is 1. The number of benzene rings is 1. The van der Waals surface area contributed by atoms with Gasteiger partial charge in [-0.25, -0.2) is 4.98 Å². The average molecular weight is 571 g/mol. The van der Waals surface area contributed by atoms with Gasteiger partial charge in [-0.1, -0.05) is 52.2 Å². The molecule has 0 spiro atoms. The lowest BCUT2D eigenvalue weighted by Gasteiger charge is -2.55. The van der Waals surface area contributed by atoms with Gasteiger partial charge in [0.05, 0.1) is 12.8 Å². The molecule has 4 aliphatic carbocycles. The van der Waals surface area contributed by atoms with Gasteiger partial charge in [0.1, 0.15) is 11.6 Å². The lowest BCUT2D eigenvalue weighted by atomic mass is 9.51. The molecule has 0 saturated heterocycles. The van der Waals surface area contributed by atoms with Crippen molar-refractivity contribution in [2.45, 2.75) is 104 Å². The van der Waals surface area contributed by atoms with E-state index in [1.807, 2.05) is 23.1 Å². The van der Waals surface area contributed by atoms with Crippen LogP contribution in [0, 0.1) is 23.7 Å². The minimum atomic E-state index is -0.109. The van der Waals surface area contributed by atoms with Gasteiger partial charge in [0.15, 0.2) is 0 Å². The summed E-state index contributed by atoms with van der Waals surface area (Å²) in [6.07, 6.45) is 17.8. The molecule has 226 valence electrons. The molecule has 1 aromatic carbocycles. The number of aryl methyl sites for hydroxylation is 1. The van der Waals surface area contributed by atoms with Crippen molar-refractivity contribution in [2.24, 2.45) is 27.5 Å². The first kappa shape index (κ1) is 30.3. The summed E-state index contributed by atoms with van der Waals surface area (Å²) >= 11 is 0. The van der Waals surface area contributed by atoms with Crippen LogP contribution in [0.4, 0.5) is 11.5 Å². The Morgan fingerprint density at radius 3 is 2.38 bits per heavy atom. The van der Waals surface area contributed by atoms with E-state index in [-0.39, 0.29) is 28.1 Å². The van der Waals surface area contributed by atoms with Gasteiger partial charge in [0, 0.05) is 42.1 Å². The van der Waals surface area contributed by atoms with Crippen LogP contribution in [0.5, 0.6) is 5.75 Å². The van der Waals surface area contributed by atoms with Crippen LogP contribution in [-0.2, 0) is 10.2 Å². The molecule has 0 radical (unpaired) electrons. The summed E-state index contributed by atoms with van der Waals surface area (Å²) in [4.78, 5) is 25.6. The molecule has 4 saturated carbocycles. The number of carbonyl (C=O) groups is 1. The Morgan fingerprint density at radius 2 is 1.76 bits per heavy atom. The number of methoxy groups -OCH3 is 1. The molecule has 2 aromatic rings. The van der Waals surface area contributed by atoms with Crippen molar-refractivity contribution in [1.29, 1.82) is 0 Å². The lowest BCUT2D eigenvalue weighted by Crippen LogP contribution is -2.51. The highest BCUT2D eigenvalue weighted by Crippen LogP contribution is 2.58. The van der Waals surface area contributed by atoms with Crippen molar-refractivity contribution in [3.05, 3.63) is 59.4 Å². The molecule has 4 fully saturated rings. The highest BCUT2D eigenvalue weighted by molar-refractivity contribution is 5.94. The zero-order valence-corrected chi connectivity index (χ0v) is 26.4. The van der Waals surface area contributed by atoms with E-state index in [4.69, 9.17) is 15.5 Å². The summed E-state index contributed by atoms with van der Waals surface area (Å²) in [7, 11) is 1.74. The fraction of sp³-hybridized carbons (Fsp3) is 0.583. The van der Waals surface area contributed by atoms with Crippen LogP contribution in [0.15, 0.2) is 53.3 Å². The summed E-state index contributed by atoms with van der Waals surface area (Å²) < 4.78 is 5.53. The second-order valence-corrected chi connectivity index (χ2v) is 14.2. The van der Waals surface area contributed by atoms with Crippen LogP contribution in [0.25, 0.3) is 0 Å². The SMILES string of the molecule is COc1ccc(C23CCC(CN(C(=O)C4CCCCC4)c4cc(N=C/C=C(\N)C(C)(C)C)ccn4)(CC2)CC3)cc1C. The van der Waals surface area contributed by atoms with Crippen LogP contribution in [0.3, 0.4) is 0 Å². The van der Waals surface area contributed by atoms with Crippen molar-refractivity contribution in [1.82, 2.24) is 4.98 Å². The number of aromatic nitrogens is 1. The monoisotopic (exact) mass is 570 g/mol. The molecule has 0 unspecified atom stereocenters. The van der Waals surface area contributed by atoms with E-state index >= 15 is 0 Å². The second-order valence-electron chi connectivity index (χ2n) is 14.2. The van der Waals surface area contributed by atoms with Gasteiger partial charge >= 0.3 is 0 Å². The fourth-order valence-corrected chi connectivity index (χ4v) is 7.41. The van der Waals surface area contributed by atoms with E-state index in [2.05, 4.69) is 50.9 Å². The van der Waals surface area contributed by atoms with Crippen LogP contribution in [-0.4, -0.2) is 30.8 Å². The van der Waals surface area contributed by atoms with Crippen LogP contribution in [0.1, 0.15) is 103 Å². The molecule has 6 heteroatoms. The van der Waals surface area contributed by atoms with E-state index < -0.39 is 0 Å². The topological polar surface area (TPSA) is 80.8 Å². The molecule has 0 atom stereocenters. The molecular formula is C36H50N4O2. The number of anilines is 1. The van der Waals surface area contributed by atoms with Crippen molar-refractivity contribution >= 4 is 23.6 Å². The Bertz CT molecular complexity index is 1310. The minimum Gasteiger partial charge on any atom is -0.496 e. The number of carbonyl (C=O) groups excluding carboxylic acids is 1. The standard InChI is InChI=1S/C36H50N4O2/c1-26-23-28(11-12-30(26)42-5)36-18-15-35(16-19-36,17-20-36)25-40(33(41)27-9-7-6-8-10-27)32-24-29(13-21-39-32)38-22-14-31(37)34(2,3)4/h11-14,21-24,27H,6-10,15-20,25,37H2,1-5H3/b31-14-,38-22?. The van der Waals surface area contributed by atoms with Crippen molar-refractivity contribution in [3.63, 3.8) is 0 Å². The summed E-state index contributed by atoms with van der Waals surface area (Å²) in [6.45, 7) is 9.15. The van der Waals surface area contributed by atoms with E-state index in [0.717, 1.165) is 74.4 Å². The summed E-state index contributed by atoms with van der Waals surface area (Å²) in [5, 5.41) is 0. The number of hydrogen-bond acceptors (Lipinski definition) is 5. The van der Waals surface area contributed by atoms with Gasteiger partial charge in [0.2, 0.25) is 5.91 Å². The third-order valence-electron chi connectivity index (χ3n) is 10.5. The highest BCUT2D eigenvalue weighted by Gasteiger charge is 2.50. The largest absolute Gasteiger partial charge is 0.496 e. The number of nitrogens with two attached hydrogens (primary N) is 1. The van der Waals surface area contributed by atoms with Gasteiger partial charge in [-0.3, -0.25) is 14.7 Å². The van der Waals surface area contributed by atoms with Gasteiger partial charge in [-0.15, -0.1) is 0 Å². The van der Waals surface area contributed by atoms with Gasteiger partial charge < -0.3 is 10.5 Å². The number of rotatable bonds is 8. The first-order chi connectivity index (χ1) is 20.0. The molecule has 1 aromatic heterocycles. The predicted octanol–water partition coefficient (Wildman–Crippen LogP) is 8.20. The highest BCUT2D eigenvalue weighted by atomic mass is 16.5. The molecule has 2 bridgehead atoms. The molecule has 1 amide bonds. The van der Waals surface area contributed by atoms with Crippen LogP contribution < -0.4 is 15.4 Å². The minimum absolute atomic E-state index is 0.0900. The lowest BCUT2D eigenvalue weighted by molar-refractivity contribution is -0.124. The Labute approximate surface area is 252 Å². The molecule has 2 N–H and O–H groups in total. The molecule has 1 heterocycles. The zero-order chi connectivity index (χ0) is 30.0. The van der Waals surface area contributed by atoms with Crippen LogP contribution >= 0.6 is 0 Å². The first-order valence-corrected chi connectivity index (χ1v) is 16.0. The Kier molecular flexibility index (Phi) is 8.82. The third-order valence-corrected chi connectivity index (χ3v) is 10.5. The molecule has 4 aliphatic rings. The molecule has 42 heavy (non-hydrogen) atoms. The number of hydrogen-bond donors (Lipinski definition) is 1. The maximum Gasteiger partial charge on any atom is 0.231 e. The van der Waals surface area contributed by atoms with E-state index in [1.165, 1.54) is 36.8 Å². The normalized spacial score (nSPS) is 25.1. The van der Waals surface area contributed by atoms with E-state index in [9.17, 15) is 4.79 Å². The third kappa shape index (κ3) is 6.43. The molecular weight excluding hydrogens is 520 g/mol. The summed E-state index contributed by atoms with van der Waals surface area (Å²) in [5.41, 5.74) is 10.7. The Morgan fingerprint density at radius 1 is 1.07 bits per heavy atom. The molecule has 0 aliphatic heterocycles. The smallest absolute Gasteiger partial charge is 0.231 e. The van der Waals surface area contributed by atoms with Gasteiger partial charge in [-0.05, 0) is 98.5 Å². The number of fused-ring (bicyclic) bond motifs is 3. The maximum absolute atomic E-state index is 14.2. The maximum atomic E-state index is 14.2. The number of amides is 1. The predicted molar refractivity (Wildman–Crippen MR) is 173 cm³/mol. The van der Waals surface area contributed by atoms with Crippen molar-refractivity contribution in [2.75, 3.05) is 18.6 Å². The number of allylic oxidation sites excluding steroid dienone is 2. The van der Waals surface area contributed by atoms with Crippen LogP contribution in [0.2, 0.25) is 0 Å². The van der Waals surface area contributed by atoms with Crippen molar-refractivity contribution < 1.29 is 9.53 Å². The zero-order valence-electron chi connectivity index (χ0n) is 26.4. The average Bonchev–Trinajstić information content (AvgIpc) is 3.00. The fourth-order valence-electron chi connectivity index (χ4n) is 7.41. The molecule has 6 nitrogen and oxygen atoms in total. The second kappa shape index (κ2) is 12.2. The van der Waals surface area contributed by atoms with E-state index in [1.54, 1.807) is 19.5 Å². The van der Waals surface area contributed by atoms with Gasteiger partial charge in [-0.2, -0.15) is 0 Å². The number of aliphatic imine (C=N–C) groups is 1. The number of nitrogens with zero attached hydrogens (tertiary/aromatic N) is 3. The Hall–Kier alpha value is -3.15.